The second-order valence-corrected chi connectivity index (χ2v) is 5.15. The Labute approximate surface area is 111 Å². The average Bonchev–Trinajstić information content (AvgIpc) is 2.36. The topological polar surface area (TPSA) is 49.6 Å². The quantitative estimate of drug-likeness (QED) is 0.790. The van der Waals surface area contributed by atoms with Crippen LogP contribution in [0.1, 0.15) is 22.4 Å². The van der Waals surface area contributed by atoms with Gasteiger partial charge in [0.25, 0.3) is 0 Å². The van der Waals surface area contributed by atoms with Crippen LogP contribution in [0.2, 0.25) is 0 Å². The van der Waals surface area contributed by atoms with Crippen LogP contribution in [-0.4, -0.2) is 10.2 Å². The summed E-state index contributed by atoms with van der Waals surface area (Å²) in [5.74, 6) is 0.864. The van der Waals surface area contributed by atoms with Crippen LogP contribution in [0.5, 0.6) is 0 Å². The molecule has 0 amide bonds. The monoisotopic (exact) mass is 255 g/mol. The third kappa shape index (κ3) is 3.31. The first kappa shape index (κ1) is 12.6. The summed E-state index contributed by atoms with van der Waals surface area (Å²) in [7, 11) is 0. The molecule has 0 N–H and O–H groups in total. The molecule has 0 aliphatic carbocycles. The van der Waals surface area contributed by atoms with E-state index in [0.717, 1.165) is 10.8 Å². The van der Waals surface area contributed by atoms with Crippen molar-refractivity contribution in [2.24, 2.45) is 0 Å². The Morgan fingerprint density at radius 3 is 2.39 bits per heavy atom. The fourth-order valence-corrected chi connectivity index (χ4v) is 2.51. The number of benzene rings is 1. The molecule has 0 saturated carbocycles. The van der Waals surface area contributed by atoms with E-state index < -0.39 is 0 Å². The average molecular weight is 255 g/mol. The Bertz CT molecular complexity index is 565. The number of nitrogens with zero attached hydrogens (tertiary/aromatic N) is 3. The molecule has 0 fully saturated rings. The van der Waals surface area contributed by atoms with Crippen molar-refractivity contribution >= 4 is 11.8 Å². The van der Waals surface area contributed by atoms with Crippen LogP contribution in [0.25, 0.3) is 0 Å². The van der Waals surface area contributed by atoms with Crippen molar-refractivity contribution in [2.45, 2.75) is 24.6 Å². The summed E-state index contributed by atoms with van der Waals surface area (Å²) in [4.78, 5) is 0. The molecule has 2 rings (SSSR count). The van der Waals surface area contributed by atoms with Gasteiger partial charge in [0.1, 0.15) is 11.1 Å². The number of thioether (sulfide) groups is 1. The van der Waals surface area contributed by atoms with Gasteiger partial charge in [-0.2, -0.15) is 5.26 Å². The van der Waals surface area contributed by atoms with Gasteiger partial charge in [0.15, 0.2) is 5.69 Å². The molecule has 0 bridgehead atoms. The van der Waals surface area contributed by atoms with Crippen molar-refractivity contribution in [1.82, 2.24) is 10.2 Å². The summed E-state index contributed by atoms with van der Waals surface area (Å²) in [5, 5.41) is 17.3. The van der Waals surface area contributed by atoms with E-state index in [2.05, 4.69) is 42.2 Å². The van der Waals surface area contributed by atoms with Gasteiger partial charge in [-0.15, -0.1) is 10.2 Å². The highest BCUT2D eigenvalue weighted by molar-refractivity contribution is 7.98. The van der Waals surface area contributed by atoms with E-state index in [4.69, 9.17) is 5.26 Å². The van der Waals surface area contributed by atoms with Gasteiger partial charge in [-0.3, -0.25) is 0 Å². The molecular weight excluding hydrogens is 242 g/mol. The summed E-state index contributed by atoms with van der Waals surface area (Å²) < 4.78 is 0. The van der Waals surface area contributed by atoms with Crippen molar-refractivity contribution < 1.29 is 0 Å². The molecule has 0 spiro atoms. The van der Waals surface area contributed by atoms with E-state index in [9.17, 15) is 0 Å². The highest BCUT2D eigenvalue weighted by Crippen LogP contribution is 2.21. The molecule has 0 saturated heterocycles. The van der Waals surface area contributed by atoms with Crippen LogP contribution in [-0.2, 0) is 5.75 Å². The lowest BCUT2D eigenvalue weighted by Crippen LogP contribution is -1.90. The van der Waals surface area contributed by atoms with Gasteiger partial charge in [0.2, 0.25) is 0 Å². The molecule has 18 heavy (non-hydrogen) atoms. The molecule has 0 atom stereocenters. The third-order valence-corrected chi connectivity index (χ3v) is 3.41. The minimum absolute atomic E-state index is 0.353. The molecule has 90 valence electrons. The summed E-state index contributed by atoms with van der Waals surface area (Å²) in [6.07, 6.45) is 0. The van der Waals surface area contributed by atoms with Gasteiger partial charge in [-0.25, -0.2) is 0 Å². The first-order valence-electron chi connectivity index (χ1n) is 5.61. The molecule has 4 heteroatoms. The molecule has 0 aliphatic heterocycles. The minimum Gasteiger partial charge on any atom is -0.191 e. The van der Waals surface area contributed by atoms with Crippen molar-refractivity contribution in [1.29, 1.82) is 5.26 Å². The fourth-order valence-electron chi connectivity index (χ4n) is 1.77. The zero-order valence-electron chi connectivity index (χ0n) is 10.3. The Kier molecular flexibility index (Phi) is 3.96. The molecule has 3 nitrogen and oxygen atoms in total. The Balaban J connectivity index is 2.04. The van der Waals surface area contributed by atoms with Crippen LogP contribution < -0.4 is 0 Å². The molecular formula is C14H13N3S. The zero-order chi connectivity index (χ0) is 13.0. The number of aryl methyl sites for hydroxylation is 2. The third-order valence-electron chi connectivity index (χ3n) is 2.42. The molecule has 1 aromatic heterocycles. The number of nitriles is 1. The zero-order valence-corrected chi connectivity index (χ0v) is 11.2. The predicted molar refractivity (Wildman–Crippen MR) is 72.2 cm³/mol. The van der Waals surface area contributed by atoms with Gasteiger partial charge in [0, 0.05) is 5.75 Å². The van der Waals surface area contributed by atoms with E-state index in [0.29, 0.717) is 5.69 Å². The van der Waals surface area contributed by atoms with Crippen LogP contribution in [0.3, 0.4) is 0 Å². The lowest BCUT2D eigenvalue weighted by molar-refractivity contribution is 0.915. The lowest BCUT2D eigenvalue weighted by Gasteiger charge is -2.04. The number of aromatic nitrogens is 2. The largest absolute Gasteiger partial charge is 0.191 e. The standard InChI is InChI=1S/C14H13N3S/c1-10-5-11(2)7-12(6-10)9-18-14-4-3-13(8-15)16-17-14/h3-7H,9H2,1-2H3. The van der Waals surface area contributed by atoms with Crippen molar-refractivity contribution in [2.75, 3.05) is 0 Å². The van der Waals surface area contributed by atoms with Gasteiger partial charge in [-0.1, -0.05) is 41.1 Å². The SMILES string of the molecule is Cc1cc(C)cc(CSc2ccc(C#N)nn2)c1. The van der Waals surface area contributed by atoms with Crippen molar-refractivity contribution in [3.8, 4) is 6.07 Å². The summed E-state index contributed by atoms with van der Waals surface area (Å²) in [5.41, 5.74) is 4.18. The first-order chi connectivity index (χ1) is 8.67. The van der Waals surface area contributed by atoms with Crippen LogP contribution in [0.15, 0.2) is 35.4 Å². The van der Waals surface area contributed by atoms with E-state index >= 15 is 0 Å². The minimum atomic E-state index is 0.353. The number of hydrogen-bond donors (Lipinski definition) is 0. The highest BCUT2D eigenvalue weighted by atomic mass is 32.2. The maximum absolute atomic E-state index is 8.64. The maximum Gasteiger partial charge on any atom is 0.163 e. The second kappa shape index (κ2) is 5.65. The molecule has 1 aromatic carbocycles. The van der Waals surface area contributed by atoms with Crippen molar-refractivity contribution in [3.63, 3.8) is 0 Å². The number of rotatable bonds is 3. The van der Waals surface area contributed by atoms with Gasteiger partial charge in [-0.05, 0) is 31.5 Å². The second-order valence-electron chi connectivity index (χ2n) is 4.15. The summed E-state index contributed by atoms with van der Waals surface area (Å²) in [6, 6.07) is 12.0. The van der Waals surface area contributed by atoms with E-state index in [-0.39, 0.29) is 0 Å². The van der Waals surface area contributed by atoms with E-state index in [1.165, 1.54) is 16.7 Å². The highest BCUT2D eigenvalue weighted by Gasteiger charge is 2.01. The predicted octanol–water partition coefficient (Wildman–Crippen LogP) is 3.26. The lowest BCUT2D eigenvalue weighted by atomic mass is 10.1. The first-order valence-corrected chi connectivity index (χ1v) is 6.60. The fraction of sp³-hybridized carbons (Fsp3) is 0.214. The van der Waals surface area contributed by atoms with Crippen molar-refractivity contribution in [3.05, 3.63) is 52.7 Å². The van der Waals surface area contributed by atoms with Crippen LogP contribution >= 0.6 is 11.8 Å². The normalized spacial score (nSPS) is 10.1. The maximum atomic E-state index is 8.64. The van der Waals surface area contributed by atoms with Gasteiger partial charge >= 0.3 is 0 Å². The van der Waals surface area contributed by atoms with E-state index in [1.807, 2.05) is 12.1 Å². The molecule has 0 radical (unpaired) electrons. The molecule has 0 aliphatic rings. The van der Waals surface area contributed by atoms with Gasteiger partial charge in [0.05, 0.1) is 0 Å². The number of hydrogen-bond acceptors (Lipinski definition) is 4. The van der Waals surface area contributed by atoms with Crippen LogP contribution in [0.4, 0.5) is 0 Å². The van der Waals surface area contributed by atoms with Gasteiger partial charge < -0.3 is 0 Å². The molecule has 2 aromatic rings. The summed E-state index contributed by atoms with van der Waals surface area (Å²) >= 11 is 1.63. The molecule has 0 unspecified atom stereocenters. The molecule has 1 heterocycles. The Morgan fingerprint density at radius 1 is 1.11 bits per heavy atom. The smallest absolute Gasteiger partial charge is 0.163 e. The Hall–Kier alpha value is -1.86. The summed E-state index contributed by atoms with van der Waals surface area (Å²) in [6.45, 7) is 4.20. The Morgan fingerprint density at radius 2 is 1.83 bits per heavy atom. The van der Waals surface area contributed by atoms with Crippen LogP contribution in [0, 0.1) is 25.2 Å². The van der Waals surface area contributed by atoms with E-state index in [1.54, 1.807) is 17.8 Å².